The van der Waals surface area contributed by atoms with Crippen molar-refractivity contribution in [1.82, 2.24) is 5.32 Å². The molecule has 0 aliphatic carbocycles. The Morgan fingerprint density at radius 3 is 2.62 bits per heavy atom. The third kappa shape index (κ3) is 7.74. The second-order valence-electron chi connectivity index (χ2n) is 5.39. The molecule has 5 heteroatoms. The number of aliphatic hydroxyl groups is 1. The van der Waals surface area contributed by atoms with Crippen LogP contribution in [0.1, 0.15) is 31.4 Å². The van der Waals surface area contributed by atoms with Crippen LogP contribution in [0.3, 0.4) is 0 Å². The quantitative estimate of drug-likeness (QED) is 0.773. The number of carbonyl (C=O) groups is 1. The zero-order chi connectivity index (χ0) is 15.7. The monoisotopic (exact) mass is 306 g/mol. The molecular formula is C16H22N2O2S. The molecule has 1 rings (SSSR count). The molecule has 0 radical (unpaired) electrons. The highest BCUT2D eigenvalue weighted by atomic mass is 32.2. The molecular weight excluding hydrogens is 284 g/mol. The summed E-state index contributed by atoms with van der Waals surface area (Å²) in [6, 6.07) is 9.42. The van der Waals surface area contributed by atoms with E-state index in [-0.39, 0.29) is 5.91 Å². The Labute approximate surface area is 130 Å². The molecule has 1 aromatic carbocycles. The standard InChI is InChI=1S/C16H22N2O2S/c1-12(2)7-15(19)9-18-16(20)11-21-10-14-5-3-13(8-17)4-6-14/h3-6,12,15,19H,7,9-11H2,1-2H3,(H,18,20). The Morgan fingerprint density at radius 2 is 2.05 bits per heavy atom. The molecule has 1 atom stereocenters. The maximum Gasteiger partial charge on any atom is 0.230 e. The van der Waals surface area contributed by atoms with Gasteiger partial charge in [-0.3, -0.25) is 4.79 Å². The van der Waals surface area contributed by atoms with Crippen LogP contribution in [0.4, 0.5) is 0 Å². The van der Waals surface area contributed by atoms with Crippen molar-refractivity contribution in [3.05, 3.63) is 35.4 Å². The minimum absolute atomic E-state index is 0.0588. The lowest BCUT2D eigenvalue weighted by molar-refractivity contribution is -0.119. The Bertz CT molecular complexity index is 480. The highest BCUT2D eigenvalue weighted by Gasteiger charge is 2.09. The van der Waals surface area contributed by atoms with Crippen LogP contribution in [0.15, 0.2) is 24.3 Å². The van der Waals surface area contributed by atoms with E-state index < -0.39 is 6.10 Å². The lowest BCUT2D eigenvalue weighted by atomic mass is 10.1. The van der Waals surface area contributed by atoms with Crippen LogP contribution < -0.4 is 5.32 Å². The molecule has 0 fully saturated rings. The number of benzene rings is 1. The number of hydrogen-bond acceptors (Lipinski definition) is 4. The van der Waals surface area contributed by atoms with Gasteiger partial charge in [-0.2, -0.15) is 5.26 Å². The van der Waals surface area contributed by atoms with E-state index >= 15 is 0 Å². The highest BCUT2D eigenvalue weighted by molar-refractivity contribution is 7.99. The van der Waals surface area contributed by atoms with Gasteiger partial charge in [-0.05, 0) is 30.0 Å². The average Bonchev–Trinajstić information content (AvgIpc) is 2.45. The zero-order valence-corrected chi connectivity index (χ0v) is 13.3. The second kappa shape index (κ2) is 9.43. The van der Waals surface area contributed by atoms with Gasteiger partial charge in [0.05, 0.1) is 23.5 Å². The summed E-state index contributed by atoms with van der Waals surface area (Å²) in [6.45, 7) is 4.39. The SMILES string of the molecule is CC(C)CC(O)CNC(=O)CSCc1ccc(C#N)cc1. The number of rotatable bonds is 8. The van der Waals surface area contributed by atoms with Crippen molar-refractivity contribution >= 4 is 17.7 Å². The summed E-state index contributed by atoms with van der Waals surface area (Å²) in [5.74, 6) is 1.46. The second-order valence-corrected chi connectivity index (χ2v) is 6.37. The maximum atomic E-state index is 11.6. The van der Waals surface area contributed by atoms with Crippen molar-refractivity contribution in [1.29, 1.82) is 5.26 Å². The van der Waals surface area contributed by atoms with Gasteiger partial charge in [0.1, 0.15) is 0 Å². The van der Waals surface area contributed by atoms with Crippen molar-refractivity contribution in [3.8, 4) is 6.07 Å². The molecule has 2 N–H and O–H groups in total. The van der Waals surface area contributed by atoms with Crippen LogP contribution >= 0.6 is 11.8 Å². The van der Waals surface area contributed by atoms with Gasteiger partial charge in [0.15, 0.2) is 0 Å². The summed E-state index contributed by atoms with van der Waals surface area (Å²) in [6.07, 6.45) is 0.219. The molecule has 0 aliphatic heterocycles. The van der Waals surface area contributed by atoms with E-state index in [2.05, 4.69) is 11.4 Å². The minimum atomic E-state index is -0.475. The first kappa shape index (κ1) is 17.5. The zero-order valence-electron chi connectivity index (χ0n) is 12.5. The summed E-state index contributed by atoms with van der Waals surface area (Å²) in [5.41, 5.74) is 1.73. The van der Waals surface area contributed by atoms with Gasteiger partial charge in [0.2, 0.25) is 5.91 Å². The Balaban J connectivity index is 2.19. The van der Waals surface area contributed by atoms with Crippen LogP contribution in [0.2, 0.25) is 0 Å². The van der Waals surface area contributed by atoms with E-state index in [0.717, 1.165) is 11.3 Å². The fourth-order valence-electron chi connectivity index (χ4n) is 1.85. The summed E-state index contributed by atoms with van der Waals surface area (Å²) in [4.78, 5) is 11.6. The highest BCUT2D eigenvalue weighted by Crippen LogP contribution is 2.12. The topological polar surface area (TPSA) is 73.1 Å². The molecule has 1 aromatic rings. The summed E-state index contributed by atoms with van der Waals surface area (Å²) < 4.78 is 0. The predicted molar refractivity (Wildman–Crippen MR) is 85.8 cm³/mol. The number of nitrogens with zero attached hydrogens (tertiary/aromatic N) is 1. The van der Waals surface area contributed by atoms with Gasteiger partial charge < -0.3 is 10.4 Å². The maximum absolute atomic E-state index is 11.6. The van der Waals surface area contributed by atoms with Gasteiger partial charge in [-0.1, -0.05) is 26.0 Å². The van der Waals surface area contributed by atoms with E-state index in [1.165, 1.54) is 11.8 Å². The molecule has 0 heterocycles. The first-order chi connectivity index (χ1) is 10.0. The van der Waals surface area contributed by atoms with Crippen LogP contribution in [0, 0.1) is 17.2 Å². The van der Waals surface area contributed by atoms with E-state index in [1.807, 2.05) is 26.0 Å². The largest absolute Gasteiger partial charge is 0.391 e. The first-order valence-corrected chi connectivity index (χ1v) is 8.18. The molecule has 1 amide bonds. The molecule has 0 aliphatic rings. The molecule has 4 nitrogen and oxygen atoms in total. The molecule has 0 spiro atoms. The Morgan fingerprint density at radius 1 is 1.38 bits per heavy atom. The number of nitrogens with one attached hydrogen (secondary N) is 1. The third-order valence-corrected chi connectivity index (χ3v) is 3.87. The molecule has 0 saturated carbocycles. The van der Waals surface area contributed by atoms with Crippen molar-refractivity contribution in [2.75, 3.05) is 12.3 Å². The molecule has 1 unspecified atom stereocenters. The van der Waals surface area contributed by atoms with Gasteiger partial charge in [0.25, 0.3) is 0 Å². The Kier molecular flexibility index (Phi) is 7.88. The third-order valence-electron chi connectivity index (χ3n) is 2.86. The van der Waals surface area contributed by atoms with E-state index in [4.69, 9.17) is 5.26 Å². The normalized spacial score (nSPS) is 12.0. The fourth-order valence-corrected chi connectivity index (χ4v) is 2.66. The molecule has 114 valence electrons. The summed E-state index contributed by atoms with van der Waals surface area (Å²) in [5, 5.41) is 21.1. The fraction of sp³-hybridized carbons (Fsp3) is 0.500. The molecule has 0 saturated heterocycles. The Hall–Kier alpha value is -1.51. The van der Waals surface area contributed by atoms with Gasteiger partial charge >= 0.3 is 0 Å². The molecule has 0 aromatic heterocycles. The number of carbonyl (C=O) groups excluding carboxylic acids is 1. The molecule has 21 heavy (non-hydrogen) atoms. The predicted octanol–water partition coefficient (Wildman–Crippen LogP) is 2.31. The van der Waals surface area contributed by atoms with Crippen molar-refractivity contribution < 1.29 is 9.90 Å². The van der Waals surface area contributed by atoms with Crippen molar-refractivity contribution in [2.24, 2.45) is 5.92 Å². The van der Waals surface area contributed by atoms with Crippen molar-refractivity contribution in [2.45, 2.75) is 32.1 Å². The van der Waals surface area contributed by atoms with Gasteiger partial charge in [-0.15, -0.1) is 11.8 Å². The average molecular weight is 306 g/mol. The van der Waals surface area contributed by atoms with Crippen LogP contribution in [-0.2, 0) is 10.5 Å². The lowest BCUT2D eigenvalue weighted by Crippen LogP contribution is -2.33. The first-order valence-electron chi connectivity index (χ1n) is 7.02. The lowest BCUT2D eigenvalue weighted by Gasteiger charge is -2.13. The summed E-state index contributed by atoms with van der Waals surface area (Å²) in [7, 11) is 0. The number of aliphatic hydroxyl groups excluding tert-OH is 1. The number of thioether (sulfide) groups is 1. The minimum Gasteiger partial charge on any atom is -0.391 e. The van der Waals surface area contributed by atoms with Crippen LogP contribution in [0.25, 0.3) is 0 Å². The number of nitriles is 1. The van der Waals surface area contributed by atoms with Crippen molar-refractivity contribution in [3.63, 3.8) is 0 Å². The van der Waals surface area contributed by atoms with Gasteiger partial charge in [0, 0.05) is 12.3 Å². The smallest absolute Gasteiger partial charge is 0.230 e. The molecule has 0 bridgehead atoms. The van der Waals surface area contributed by atoms with Crippen LogP contribution in [0.5, 0.6) is 0 Å². The summed E-state index contributed by atoms with van der Waals surface area (Å²) >= 11 is 1.52. The van der Waals surface area contributed by atoms with Crippen LogP contribution in [-0.4, -0.2) is 29.4 Å². The van der Waals surface area contributed by atoms with E-state index in [9.17, 15) is 9.90 Å². The van der Waals surface area contributed by atoms with Gasteiger partial charge in [-0.25, -0.2) is 0 Å². The van der Waals surface area contributed by atoms with E-state index in [0.29, 0.717) is 30.2 Å². The number of hydrogen-bond donors (Lipinski definition) is 2. The number of amides is 1. The van der Waals surface area contributed by atoms with E-state index in [1.54, 1.807) is 12.1 Å².